The number of benzene rings is 1. The topological polar surface area (TPSA) is 63.2 Å². The number of nitrogens with zero attached hydrogens (tertiary/aromatic N) is 1. The van der Waals surface area contributed by atoms with Crippen LogP contribution >= 0.6 is 0 Å². The van der Waals surface area contributed by atoms with Crippen molar-refractivity contribution in [3.63, 3.8) is 0 Å². The van der Waals surface area contributed by atoms with Gasteiger partial charge in [-0.1, -0.05) is 12.1 Å². The third-order valence-electron chi connectivity index (χ3n) is 3.43. The average Bonchev–Trinajstić information content (AvgIpc) is 2.55. The summed E-state index contributed by atoms with van der Waals surface area (Å²) in [5, 5.41) is 6.16. The van der Waals surface area contributed by atoms with E-state index in [-0.39, 0.29) is 11.9 Å². The normalized spacial score (nSPS) is 11.9. The van der Waals surface area contributed by atoms with Gasteiger partial charge in [0.2, 0.25) is 0 Å². The number of ether oxygens (including phenoxy) is 1. The Morgan fingerprint density at radius 3 is 2.30 bits per heavy atom. The summed E-state index contributed by atoms with van der Waals surface area (Å²) >= 11 is 0. The molecule has 5 nitrogen and oxygen atoms in total. The Morgan fingerprint density at radius 1 is 1.09 bits per heavy atom. The van der Waals surface area contributed by atoms with Gasteiger partial charge in [0.25, 0.3) is 5.91 Å². The molecule has 1 amide bonds. The van der Waals surface area contributed by atoms with Crippen molar-refractivity contribution in [2.45, 2.75) is 32.9 Å². The lowest BCUT2D eigenvalue weighted by atomic mass is 10.1. The molecule has 5 heteroatoms. The first-order chi connectivity index (χ1) is 11.0. The van der Waals surface area contributed by atoms with Crippen LogP contribution in [0.1, 0.15) is 42.7 Å². The highest BCUT2D eigenvalue weighted by Gasteiger charge is 2.12. The molecule has 0 bridgehead atoms. The molecule has 0 fully saturated rings. The number of carbonyl (C=O) groups is 1. The van der Waals surface area contributed by atoms with E-state index in [0.29, 0.717) is 11.6 Å². The van der Waals surface area contributed by atoms with Gasteiger partial charge in [0.1, 0.15) is 11.6 Å². The second-order valence-corrected chi connectivity index (χ2v) is 5.70. The summed E-state index contributed by atoms with van der Waals surface area (Å²) in [7, 11) is 1.63. The van der Waals surface area contributed by atoms with Crippen molar-refractivity contribution in [1.29, 1.82) is 0 Å². The highest BCUT2D eigenvalue weighted by Crippen LogP contribution is 2.17. The second-order valence-electron chi connectivity index (χ2n) is 5.70. The Balaban J connectivity index is 1.99. The molecule has 2 aromatic rings. The molecule has 0 aliphatic carbocycles. The Morgan fingerprint density at radius 2 is 1.78 bits per heavy atom. The Hall–Kier alpha value is -2.56. The summed E-state index contributed by atoms with van der Waals surface area (Å²) in [4.78, 5) is 16.5. The molecule has 0 saturated heterocycles. The third-order valence-corrected chi connectivity index (χ3v) is 3.43. The number of rotatable bonds is 6. The number of methoxy groups -OCH3 is 1. The van der Waals surface area contributed by atoms with E-state index in [4.69, 9.17) is 4.74 Å². The number of anilines is 1. The summed E-state index contributed by atoms with van der Waals surface area (Å²) in [6, 6.07) is 11.4. The third kappa shape index (κ3) is 4.71. The number of amides is 1. The number of hydrogen-bond donors (Lipinski definition) is 2. The fourth-order valence-electron chi connectivity index (χ4n) is 2.17. The molecule has 0 radical (unpaired) electrons. The standard InChI is InChI=1S/C18H23N3O2/c1-12(2)20-17-10-7-15(11-19-17)18(22)21-13(3)14-5-8-16(23-4)9-6-14/h5-13H,1-4H3,(H,19,20)(H,21,22). The number of nitrogens with one attached hydrogen (secondary N) is 2. The lowest BCUT2D eigenvalue weighted by Gasteiger charge is -2.15. The van der Waals surface area contributed by atoms with Gasteiger partial charge in [-0.3, -0.25) is 4.79 Å². The van der Waals surface area contributed by atoms with Crippen molar-refractivity contribution in [2.24, 2.45) is 0 Å². The predicted molar refractivity (Wildman–Crippen MR) is 91.9 cm³/mol. The van der Waals surface area contributed by atoms with Crippen LogP contribution in [0, 0.1) is 0 Å². The Kier molecular flexibility index (Phi) is 5.57. The number of aromatic nitrogens is 1. The highest BCUT2D eigenvalue weighted by molar-refractivity contribution is 5.94. The minimum absolute atomic E-state index is 0.0955. The van der Waals surface area contributed by atoms with Gasteiger partial charge in [-0.25, -0.2) is 4.98 Å². The predicted octanol–water partition coefficient (Wildman–Crippen LogP) is 3.40. The summed E-state index contributed by atoms with van der Waals surface area (Å²) in [5.41, 5.74) is 1.56. The van der Waals surface area contributed by atoms with Crippen molar-refractivity contribution in [3.05, 3.63) is 53.7 Å². The van der Waals surface area contributed by atoms with E-state index in [9.17, 15) is 4.79 Å². The van der Waals surface area contributed by atoms with Crippen molar-refractivity contribution < 1.29 is 9.53 Å². The van der Waals surface area contributed by atoms with Crippen LogP contribution in [-0.4, -0.2) is 24.0 Å². The molecule has 1 aromatic heterocycles. The van der Waals surface area contributed by atoms with Crippen LogP contribution in [0.4, 0.5) is 5.82 Å². The maximum atomic E-state index is 12.3. The molecule has 2 N–H and O–H groups in total. The fraction of sp³-hybridized carbons (Fsp3) is 0.333. The van der Waals surface area contributed by atoms with Gasteiger partial charge in [0.05, 0.1) is 18.7 Å². The van der Waals surface area contributed by atoms with Crippen molar-refractivity contribution in [1.82, 2.24) is 10.3 Å². The van der Waals surface area contributed by atoms with E-state index >= 15 is 0 Å². The van der Waals surface area contributed by atoms with Gasteiger partial charge in [-0.2, -0.15) is 0 Å². The van der Waals surface area contributed by atoms with Crippen LogP contribution in [0.2, 0.25) is 0 Å². The zero-order valence-electron chi connectivity index (χ0n) is 14.0. The lowest BCUT2D eigenvalue weighted by Crippen LogP contribution is -2.26. The average molecular weight is 313 g/mol. The minimum Gasteiger partial charge on any atom is -0.497 e. The van der Waals surface area contributed by atoms with E-state index in [1.54, 1.807) is 19.4 Å². The molecule has 122 valence electrons. The largest absolute Gasteiger partial charge is 0.497 e. The van der Waals surface area contributed by atoms with Crippen molar-refractivity contribution >= 4 is 11.7 Å². The highest BCUT2D eigenvalue weighted by atomic mass is 16.5. The molecule has 0 spiro atoms. The molecule has 1 unspecified atom stereocenters. The smallest absolute Gasteiger partial charge is 0.253 e. The Bertz CT molecular complexity index is 636. The lowest BCUT2D eigenvalue weighted by molar-refractivity contribution is 0.0939. The van der Waals surface area contributed by atoms with Gasteiger partial charge in [-0.15, -0.1) is 0 Å². The summed E-state index contributed by atoms with van der Waals surface area (Å²) in [5.74, 6) is 1.42. The van der Waals surface area contributed by atoms with E-state index in [1.807, 2.05) is 51.1 Å². The van der Waals surface area contributed by atoms with Gasteiger partial charge < -0.3 is 15.4 Å². The molecule has 23 heavy (non-hydrogen) atoms. The molecule has 0 aliphatic heterocycles. The molecule has 0 aliphatic rings. The van der Waals surface area contributed by atoms with E-state index < -0.39 is 0 Å². The molecule has 1 heterocycles. The SMILES string of the molecule is COc1ccc(C(C)NC(=O)c2ccc(NC(C)C)nc2)cc1. The zero-order valence-corrected chi connectivity index (χ0v) is 14.0. The molecule has 0 saturated carbocycles. The van der Waals surface area contributed by atoms with E-state index in [0.717, 1.165) is 17.1 Å². The van der Waals surface area contributed by atoms with Gasteiger partial charge >= 0.3 is 0 Å². The minimum atomic E-state index is -0.142. The maximum Gasteiger partial charge on any atom is 0.253 e. The Labute approximate surface area is 137 Å². The van der Waals surface area contributed by atoms with Crippen LogP contribution in [-0.2, 0) is 0 Å². The first-order valence-corrected chi connectivity index (χ1v) is 7.67. The quantitative estimate of drug-likeness (QED) is 0.858. The van der Waals surface area contributed by atoms with Crippen molar-refractivity contribution in [2.75, 3.05) is 12.4 Å². The molecule has 1 aromatic carbocycles. The number of hydrogen-bond acceptors (Lipinski definition) is 4. The van der Waals surface area contributed by atoms with Crippen LogP contribution in [0.15, 0.2) is 42.6 Å². The zero-order chi connectivity index (χ0) is 16.8. The molecular formula is C18H23N3O2. The molecule has 1 atom stereocenters. The first-order valence-electron chi connectivity index (χ1n) is 7.67. The number of carbonyl (C=O) groups excluding carboxylic acids is 1. The van der Waals surface area contributed by atoms with Gasteiger partial charge in [0, 0.05) is 12.2 Å². The monoisotopic (exact) mass is 313 g/mol. The second kappa shape index (κ2) is 7.63. The summed E-state index contributed by atoms with van der Waals surface area (Å²) < 4.78 is 5.14. The molecular weight excluding hydrogens is 290 g/mol. The van der Waals surface area contributed by atoms with Crippen LogP contribution in [0.5, 0.6) is 5.75 Å². The summed E-state index contributed by atoms with van der Waals surface area (Å²) in [6.07, 6.45) is 1.58. The van der Waals surface area contributed by atoms with E-state index in [2.05, 4.69) is 15.6 Å². The number of pyridine rings is 1. The van der Waals surface area contributed by atoms with Crippen LogP contribution < -0.4 is 15.4 Å². The summed E-state index contributed by atoms with van der Waals surface area (Å²) in [6.45, 7) is 6.03. The van der Waals surface area contributed by atoms with E-state index in [1.165, 1.54) is 0 Å². The van der Waals surface area contributed by atoms with Crippen LogP contribution in [0.25, 0.3) is 0 Å². The first kappa shape index (κ1) is 16.8. The molecule has 2 rings (SSSR count). The van der Waals surface area contributed by atoms with Gasteiger partial charge in [0.15, 0.2) is 0 Å². The van der Waals surface area contributed by atoms with Gasteiger partial charge in [-0.05, 0) is 50.6 Å². The maximum absolute atomic E-state index is 12.3. The van der Waals surface area contributed by atoms with Crippen molar-refractivity contribution in [3.8, 4) is 5.75 Å². The van der Waals surface area contributed by atoms with Crippen LogP contribution in [0.3, 0.4) is 0 Å². The fourth-order valence-corrected chi connectivity index (χ4v) is 2.17.